The number of aliphatic hydroxyl groups excluding tert-OH is 1. The fraction of sp³-hybridized carbons (Fsp3) is 0.360. The number of hydrogen-bond donors (Lipinski definition) is 2. The highest BCUT2D eigenvalue weighted by atomic mass is 16.5. The van der Waals surface area contributed by atoms with E-state index >= 15 is 0 Å². The van der Waals surface area contributed by atoms with Crippen LogP contribution >= 0.6 is 0 Å². The Kier molecular flexibility index (Phi) is 5.57. The number of carbonyl (C=O) groups is 1. The van der Waals surface area contributed by atoms with Gasteiger partial charge in [0.25, 0.3) is 0 Å². The number of rotatable bonds is 6. The van der Waals surface area contributed by atoms with Crippen molar-refractivity contribution >= 4 is 11.6 Å². The topological polar surface area (TPSA) is 76.4 Å². The van der Waals surface area contributed by atoms with E-state index in [-0.39, 0.29) is 11.9 Å². The predicted octanol–water partition coefficient (Wildman–Crippen LogP) is 3.81. The first kappa shape index (κ1) is 20.0. The first-order valence-electron chi connectivity index (χ1n) is 10.9. The number of nitrogens with one attached hydrogen (secondary N) is 1. The first-order chi connectivity index (χ1) is 15.2. The number of carbonyl (C=O) groups excluding carboxylic acids is 1. The number of imidazole rings is 1. The maximum atomic E-state index is 12.3. The van der Waals surface area contributed by atoms with Crippen molar-refractivity contribution in [2.24, 2.45) is 5.92 Å². The second kappa shape index (κ2) is 8.65. The lowest BCUT2D eigenvalue weighted by Crippen LogP contribution is -2.24. The molecule has 2 unspecified atom stereocenters. The van der Waals surface area contributed by atoms with Crippen LogP contribution in [0.3, 0.4) is 0 Å². The number of fused-ring (bicyclic) bond motifs is 3. The van der Waals surface area contributed by atoms with Crippen LogP contribution in [-0.4, -0.2) is 39.9 Å². The smallest absolute Gasteiger partial charge is 0.224 e. The summed E-state index contributed by atoms with van der Waals surface area (Å²) < 4.78 is 7.41. The molecule has 2 aliphatic heterocycles. The van der Waals surface area contributed by atoms with E-state index in [9.17, 15) is 9.90 Å². The van der Waals surface area contributed by atoms with E-state index in [4.69, 9.17) is 4.74 Å². The Labute approximate surface area is 181 Å². The van der Waals surface area contributed by atoms with Gasteiger partial charge in [-0.05, 0) is 42.0 Å². The molecule has 0 bridgehead atoms. The van der Waals surface area contributed by atoms with E-state index in [1.807, 2.05) is 42.6 Å². The van der Waals surface area contributed by atoms with E-state index < -0.39 is 6.10 Å². The minimum atomic E-state index is -0.578. The number of hydrogen-bond acceptors (Lipinski definition) is 4. The van der Waals surface area contributed by atoms with Crippen LogP contribution in [0.2, 0.25) is 0 Å². The molecule has 6 heteroatoms. The average molecular weight is 418 g/mol. The van der Waals surface area contributed by atoms with Gasteiger partial charge in [0, 0.05) is 37.3 Å². The molecule has 1 aromatic heterocycles. The van der Waals surface area contributed by atoms with Crippen LogP contribution in [0.5, 0.6) is 0 Å². The fourth-order valence-corrected chi connectivity index (χ4v) is 4.77. The third-order valence-electron chi connectivity index (χ3n) is 6.38. The summed E-state index contributed by atoms with van der Waals surface area (Å²) >= 11 is 0. The molecule has 2 aliphatic rings. The molecule has 3 aromatic rings. The summed E-state index contributed by atoms with van der Waals surface area (Å²) in [6.45, 7) is 1.50. The minimum absolute atomic E-state index is 0.0508. The summed E-state index contributed by atoms with van der Waals surface area (Å²) in [6.07, 6.45) is 6.03. The zero-order valence-electron chi connectivity index (χ0n) is 17.4. The SMILES string of the molecule is O=C(CC1CCOCC1)Nc1ccc(CC(O)C2c3ccccc3-c3cncn32)cc1. The summed E-state index contributed by atoms with van der Waals surface area (Å²) in [5.74, 6) is 0.459. The average Bonchev–Trinajstić information content (AvgIpc) is 3.36. The van der Waals surface area contributed by atoms with E-state index in [1.54, 1.807) is 6.33 Å². The Morgan fingerprint density at radius 2 is 1.94 bits per heavy atom. The maximum Gasteiger partial charge on any atom is 0.224 e. The highest BCUT2D eigenvalue weighted by Crippen LogP contribution is 2.41. The Bertz CT molecular complexity index is 1050. The van der Waals surface area contributed by atoms with Crippen LogP contribution in [0.1, 0.15) is 36.4 Å². The standard InChI is InChI=1S/C25H27N3O3/c29-23(25-21-4-2-1-3-20(21)22-15-26-16-28(22)25)13-17-5-7-19(8-6-17)27-24(30)14-18-9-11-31-12-10-18/h1-8,15-16,18,23,25,29H,9-14H2,(H,27,30). The van der Waals surface area contributed by atoms with Gasteiger partial charge in [0.05, 0.1) is 30.4 Å². The minimum Gasteiger partial charge on any atom is -0.390 e. The third-order valence-corrected chi connectivity index (χ3v) is 6.38. The van der Waals surface area contributed by atoms with Crippen LogP contribution in [0.25, 0.3) is 11.3 Å². The molecule has 31 heavy (non-hydrogen) atoms. The van der Waals surface area contributed by atoms with Crippen LogP contribution < -0.4 is 5.32 Å². The molecule has 1 fully saturated rings. The number of benzene rings is 2. The molecule has 0 spiro atoms. The predicted molar refractivity (Wildman–Crippen MR) is 119 cm³/mol. The van der Waals surface area contributed by atoms with Gasteiger partial charge >= 0.3 is 0 Å². The number of ether oxygens (including phenoxy) is 1. The Morgan fingerprint density at radius 3 is 2.74 bits per heavy atom. The summed E-state index contributed by atoms with van der Waals surface area (Å²) in [5.41, 5.74) is 5.12. The third kappa shape index (κ3) is 4.13. The van der Waals surface area contributed by atoms with Crippen molar-refractivity contribution in [1.82, 2.24) is 9.55 Å². The highest BCUT2D eigenvalue weighted by molar-refractivity contribution is 5.90. The molecule has 0 radical (unpaired) electrons. The van der Waals surface area contributed by atoms with Gasteiger partial charge in [-0.1, -0.05) is 36.4 Å². The van der Waals surface area contributed by atoms with Gasteiger partial charge < -0.3 is 19.7 Å². The fourth-order valence-electron chi connectivity index (χ4n) is 4.77. The number of anilines is 1. The largest absolute Gasteiger partial charge is 0.390 e. The van der Waals surface area contributed by atoms with Gasteiger partial charge in [-0.3, -0.25) is 4.79 Å². The van der Waals surface area contributed by atoms with Crippen molar-refractivity contribution in [3.8, 4) is 11.3 Å². The molecule has 160 valence electrons. The van der Waals surface area contributed by atoms with Crippen LogP contribution in [-0.2, 0) is 16.0 Å². The second-order valence-corrected chi connectivity index (χ2v) is 8.49. The molecule has 2 aromatic carbocycles. The summed E-state index contributed by atoms with van der Waals surface area (Å²) in [7, 11) is 0. The molecule has 0 aliphatic carbocycles. The lowest BCUT2D eigenvalue weighted by atomic mass is 9.95. The molecule has 1 amide bonds. The molecule has 6 nitrogen and oxygen atoms in total. The van der Waals surface area contributed by atoms with Crippen LogP contribution in [0, 0.1) is 5.92 Å². The number of aromatic nitrogens is 2. The van der Waals surface area contributed by atoms with E-state index in [1.165, 1.54) is 0 Å². The Morgan fingerprint density at radius 1 is 1.16 bits per heavy atom. The second-order valence-electron chi connectivity index (χ2n) is 8.49. The lowest BCUT2D eigenvalue weighted by Gasteiger charge is -2.22. The van der Waals surface area contributed by atoms with Crippen molar-refractivity contribution in [2.75, 3.05) is 18.5 Å². The van der Waals surface area contributed by atoms with Gasteiger partial charge in [0.15, 0.2) is 0 Å². The Hall–Kier alpha value is -2.96. The quantitative estimate of drug-likeness (QED) is 0.639. The maximum absolute atomic E-state index is 12.3. The molecule has 2 N–H and O–H groups in total. The molecule has 3 heterocycles. The van der Waals surface area contributed by atoms with Crippen LogP contribution in [0.15, 0.2) is 61.1 Å². The van der Waals surface area contributed by atoms with E-state index in [2.05, 4.69) is 27.0 Å². The van der Waals surface area contributed by atoms with Gasteiger partial charge in [-0.15, -0.1) is 0 Å². The number of amides is 1. The lowest BCUT2D eigenvalue weighted by molar-refractivity contribution is -0.117. The van der Waals surface area contributed by atoms with Gasteiger partial charge in [0.1, 0.15) is 0 Å². The van der Waals surface area contributed by atoms with Crippen molar-refractivity contribution in [1.29, 1.82) is 0 Å². The Balaban J connectivity index is 1.23. The van der Waals surface area contributed by atoms with Crippen molar-refractivity contribution in [2.45, 2.75) is 37.8 Å². The number of nitrogens with zero attached hydrogens (tertiary/aromatic N) is 2. The van der Waals surface area contributed by atoms with E-state index in [0.717, 1.165) is 54.1 Å². The highest BCUT2D eigenvalue weighted by Gasteiger charge is 2.33. The summed E-state index contributed by atoms with van der Waals surface area (Å²) in [6, 6.07) is 15.8. The molecular weight excluding hydrogens is 390 g/mol. The van der Waals surface area contributed by atoms with Crippen molar-refractivity contribution in [3.05, 3.63) is 72.2 Å². The monoisotopic (exact) mass is 417 g/mol. The molecule has 5 rings (SSSR count). The normalized spacial score (nSPS) is 18.9. The van der Waals surface area contributed by atoms with Crippen LogP contribution in [0.4, 0.5) is 5.69 Å². The van der Waals surface area contributed by atoms with Crippen molar-refractivity contribution < 1.29 is 14.6 Å². The number of aliphatic hydroxyl groups is 1. The first-order valence-corrected chi connectivity index (χ1v) is 10.9. The molecule has 0 saturated carbocycles. The summed E-state index contributed by atoms with van der Waals surface area (Å²) in [5, 5.41) is 14.1. The molecule has 1 saturated heterocycles. The molecule has 2 atom stereocenters. The zero-order valence-corrected chi connectivity index (χ0v) is 17.4. The molecular formula is C25H27N3O3. The van der Waals surface area contributed by atoms with E-state index in [0.29, 0.717) is 18.8 Å². The van der Waals surface area contributed by atoms with Gasteiger partial charge in [-0.2, -0.15) is 0 Å². The zero-order chi connectivity index (χ0) is 21.2. The van der Waals surface area contributed by atoms with Crippen molar-refractivity contribution in [3.63, 3.8) is 0 Å². The summed E-state index contributed by atoms with van der Waals surface area (Å²) in [4.78, 5) is 16.6. The van der Waals surface area contributed by atoms with Gasteiger partial charge in [-0.25, -0.2) is 4.98 Å². The van der Waals surface area contributed by atoms with Gasteiger partial charge in [0.2, 0.25) is 5.91 Å².